The molecule has 2 N–H and O–H groups in total. The van der Waals surface area contributed by atoms with E-state index in [1.54, 1.807) is 0 Å². The van der Waals surface area contributed by atoms with Gasteiger partial charge in [0.15, 0.2) is 0 Å². The predicted octanol–water partition coefficient (Wildman–Crippen LogP) is 4.54. The van der Waals surface area contributed by atoms with Crippen molar-refractivity contribution in [3.05, 3.63) is 0 Å². The lowest BCUT2D eigenvalue weighted by molar-refractivity contribution is -0.123. The zero-order valence-corrected chi connectivity index (χ0v) is 18.0. The summed E-state index contributed by atoms with van der Waals surface area (Å²) in [7, 11) is 0. The molecule has 0 aromatic carbocycles. The minimum absolute atomic E-state index is 0.0801. The lowest BCUT2D eigenvalue weighted by Gasteiger charge is -2.47. The Bertz CT molecular complexity index is 500. The zero-order chi connectivity index (χ0) is 19.0. The second-order valence-corrected chi connectivity index (χ2v) is 12.0. The van der Waals surface area contributed by atoms with Crippen molar-refractivity contribution in [3.8, 4) is 0 Å². The molecule has 24 heavy (non-hydrogen) atoms. The molecule has 2 unspecified atom stereocenters. The average molecular weight is 461 g/mol. The van der Waals surface area contributed by atoms with Gasteiger partial charge in [0.2, 0.25) is 0 Å². The number of hydrogen-bond acceptors (Lipinski definition) is 2. The maximum Gasteiger partial charge on any atom is 0.272 e. The Hall–Kier alpha value is 0.680. The minimum atomic E-state index is -2.01. The number of amides is 2. The molecule has 1 fully saturated rings. The fourth-order valence-electron chi connectivity index (χ4n) is 3.53. The summed E-state index contributed by atoms with van der Waals surface area (Å²) in [6.07, 6.45) is 2.15. The molecule has 0 saturated heterocycles. The number of halogens is 6. The van der Waals surface area contributed by atoms with Gasteiger partial charge in [-0.25, -0.2) is 0 Å². The summed E-state index contributed by atoms with van der Waals surface area (Å²) in [5.74, 6) is -1.35. The maximum absolute atomic E-state index is 11.9. The van der Waals surface area contributed by atoms with E-state index in [-0.39, 0.29) is 16.9 Å². The molecular weight excluding hydrogens is 441 g/mol. The summed E-state index contributed by atoms with van der Waals surface area (Å²) in [6, 6.07) is -0.188. The summed E-state index contributed by atoms with van der Waals surface area (Å²) in [6.45, 7) is 6.47. The smallest absolute Gasteiger partial charge is 0.272 e. The van der Waals surface area contributed by atoms with Crippen molar-refractivity contribution >= 4 is 81.4 Å². The Kier molecular flexibility index (Phi) is 7.32. The Balaban J connectivity index is 2.80. The van der Waals surface area contributed by atoms with Gasteiger partial charge in [0, 0.05) is 12.6 Å². The maximum atomic E-state index is 11.9. The van der Waals surface area contributed by atoms with Crippen molar-refractivity contribution < 1.29 is 9.59 Å². The molecule has 0 heterocycles. The second-order valence-electron chi connectivity index (χ2n) is 7.41. The third-order valence-corrected chi connectivity index (χ3v) is 5.00. The summed E-state index contributed by atoms with van der Waals surface area (Å²) in [5, 5.41) is 5.41. The largest absolute Gasteiger partial charge is 0.352 e. The zero-order valence-electron chi connectivity index (χ0n) is 13.5. The summed E-state index contributed by atoms with van der Waals surface area (Å²) in [4.78, 5) is 23.7. The van der Waals surface area contributed by atoms with E-state index >= 15 is 0 Å². The standard InChI is InChI=1S/C14H20Cl6N2O2/c1-11(2)4-8(22-10(24)14(18,19)20)5-12(3,6-11)7-21-9(23)13(15,16)17/h8H,4-7H2,1-3H3,(H,21,23)(H,22,24). The molecule has 2 atom stereocenters. The molecule has 0 radical (unpaired) electrons. The molecule has 0 aliphatic heterocycles. The van der Waals surface area contributed by atoms with Gasteiger partial charge in [-0.1, -0.05) is 90.4 Å². The molecule has 1 saturated carbocycles. The van der Waals surface area contributed by atoms with Crippen LogP contribution in [0.25, 0.3) is 0 Å². The quantitative estimate of drug-likeness (QED) is 0.607. The number of alkyl halides is 6. The van der Waals surface area contributed by atoms with Gasteiger partial charge in [-0.2, -0.15) is 0 Å². The molecule has 0 spiro atoms. The molecule has 1 aliphatic carbocycles. The van der Waals surface area contributed by atoms with Gasteiger partial charge >= 0.3 is 0 Å². The van der Waals surface area contributed by atoms with Gasteiger partial charge in [-0.3, -0.25) is 9.59 Å². The van der Waals surface area contributed by atoms with E-state index in [4.69, 9.17) is 69.6 Å². The van der Waals surface area contributed by atoms with Crippen LogP contribution in [0, 0.1) is 10.8 Å². The van der Waals surface area contributed by atoms with Crippen molar-refractivity contribution in [3.63, 3.8) is 0 Å². The summed E-state index contributed by atoms with van der Waals surface area (Å²) >= 11 is 33.6. The van der Waals surface area contributed by atoms with E-state index in [2.05, 4.69) is 24.5 Å². The lowest BCUT2D eigenvalue weighted by Crippen LogP contribution is -2.52. The topological polar surface area (TPSA) is 58.2 Å². The molecule has 1 rings (SSSR count). The van der Waals surface area contributed by atoms with E-state index in [1.165, 1.54) is 0 Å². The third-order valence-electron chi connectivity index (χ3n) is 3.97. The molecule has 4 nitrogen and oxygen atoms in total. The van der Waals surface area contributed by atoms with Crippen LogP contribution in [0.15, 0.2) is 0 Å². The van der Waals surface area contributed by atoms with E-state index in [1.807, 2.05) is 6.92 Å². The fraction of sp³-hybridized carbons (Fsp3) is 0.857. The first kappa shape index (κ1) is 22.7. The van der Waals surface area contributed by atoms with Crippen molar-refractivity contribution in [1.29, 1.82) is 0 Å². The van der Waals surface area contributed by atoms with Crippen molar-refractivity contribution in [2.45, 2.75) is 53.7 Å². The Morgan fingerprint density at radius 3 is 1.92 bits per heavy atom. The third kappa shape index (κ3) is 7.13. The van der Waals surface area contributed by atoms with Gasteiger partial charge in [0.1, 0.15) is 0 Å². The van der Waals surface area contributed by atoms with Gasteiger partial charge in [-0.15, -0.1) is 0 Å². The number of carbonyl (C=O) groups is 2. The molecule has 1 aliphatic rings. The van der Waals surface area contributed by atoms with E-state index in [0.29, 0.717) is 13.0 Å². The first-order chi connectivity index (χ1) is 10.5. The van der Waals surface area contributed by atoms with Crippen LogP contribution in [0.3, 0.4) is 0 Å². The predicted molar refractivity (Wildman–Crippen MR) is 101 cm³/mol. The number of rotatable bonds is 3. The highest BCUT2D eigenvalue weighted by Gasteiger charge is 2.44. The number of hydrogen-bond donors (Lipinski definition) is 2. The Labute approximate surface area is 172 Å². The highest BCUT2D eigenvalue weighted by Crippen LogP contribution is 2.46. The molecule has 2 amide bonds. The van der Waals surface area contributed by atoms with E-state index in [0.717, 1.165) is 12.8 Å². The molecule has 140 valence electrons. The van der Waals surface area contributed by atoms with Crippen LogP contribution in [0.1, 0.15) is 40.0 Å². The van der Waals surface area contributed by atoms with Crippen LogP contribution in [0.4, 0.5) is 0 Å². The van der Waals surface area contributed by atoms with Gasteiger partial charge in [0.05, 0.1) is 0 Å². The Morgan fingerprint density at radius 2 is 1.46 bits per heavy atom. The SMILES string of the molecule is CC1(C)CC(NC(=O)C(Cl)(Cl)Cl)CC(C)(CNC(=O)C(Cl)(Cl)Cl)C1. The van der Waals surface area contributed by atoms with Crippen molar-refractivity contribution in [1.82, 2.24) is 10.6 Å². The van der Waals surface area contributed by atoms with Crippen molar-refractivity contribution in [2.75, 3.05) is 6.54 Å². The normalized spacial score (nSPS) is 27.5. The van der Waals surface area contributed by atoms with Gasteiger partial charge in [-0.05, 0) is 30.1 Å². The van der Waals surface area contributed by atoms with Crippen molar-refractivity contribution in [2.24, 2.45) is 10.8 Å². The Morgan fingerprint density at radius 1 is 0.958 bits per heavy atom. The van der Waals surface area contributed by atoms with E-state index in [9.17, 15) is 9.59 Å². The average Bonchev–Trinajstić information content (AvgIpc) is 2.31. The van der Waals surface area contributed by atoms with Crippen LogP contribution < -0.4 is 10.6 Å². The van der Waals surface area contributed by atoms with Crippen LogP contribution in [-0.2, 0) is 9.59 Å². The van der Waals surface area contributed by atoms with Crippen LogP contribution >= 0.6 is 69.6 Å². The van der Waals surface area contributed by atoms with Gasteiger partial charge in [0.25, 0.3) is 19.4 Å². The summed E-state index contributed by atoms with van der Waals surface area (Å²) < 4.78 is -4.02. The van der Waals surface area contributed by atoms with E-state index < -0.39 is 19.4 Å². The number of carbonyl (C=O) groups excluding carboxylic acids is 2. The molecule has 10 heteroatoms. The van der Waals surface area contributed by atoms with Crippen LogP contribution in [0.5, 0.6) is 0 Å². The summed E-state index contributed by atoms with van der Waals surface area (Å²) in [5.41, 5.74) is -0.387. The van der Waals surface area contributed by atoms with Crippen LogP contribution in [-0.4, -0.2) is 32.0 Å². The number of nitrogens with one attached hydrogen (secondary N) is 2. The molecule has 0 aromatic rings. The van der Waals surface area contributed by atoms with Gasteiger partial charge < -0.3 is 10.6 Å². The first-order valence-corrected chi connectivity index (χ1v) is 9.54. The monoisotopic (exact) mass is 458 g/mol. The molecule has 0 aromatic heterocycles. The fourth-order valence-corrected chi connectivity index (χ4v) is 3.90. The minimum Gasteiger partial charge on any atom is -0.352 e. The second kappa shape index (κ2) is 7.74. The molecule has 0 bridgehead atoms. The highest BCUT2D eigenvalue weighted by molar-refractivity contribution is 6.76. The lowest BCUT2D eigenvalue weighted by atomic mass is 9.62. The van der Waals surface area contributed by atoms with Crippen LogP contribution in [0.2, 0.25) is 0 Å². The molecular formula is C14H20Cl6N2O2. The first-order valence-electron chi connectivity index (χ1n) is 7.27. The highest BCUT2D eigenvalue weighted by atomic mass is 35.6.